The normalized spacial score (nSPS) is 40.1. The summed E-state index contributed by atoms with van der Waals surface area (Å²) in [7, 11) is 0. The third-order valence-electron chi connectivity index (χ3n) is 3.62. The lowest BCUT2D eigenvalue weighted by molar-refractivity contribution is -0.139. The maximum absolute atomic E-state index is 12.4. The van der Waals surface area contributed by atoms with Crippen molar-refractivity contribution in [3.8, 4) is 0 Å². The lowest BCUT2D eigenvalue weighted by Crippen LogP contribution is -2.60. The lowest BCUT2D eigenvalue weighted by atomic mass is 9.97. The van der Waals surface area contributed by atoms with Crippen LogP contribution >= 0.6 is 11.8 Å². The van der Waals surface area contributed by atoms with Crippen molar-refractivity contribution in [1.82, 2.24) is 4.90 Å². The van der Waals surface area contributed by atoms with E-state index < -0.39 is 5.54 Å². The van der Waals surface area contributed by atoms with Crippen molar-refractivity contribution in [1.29, 1.82) is 0 Å². The monoisotopic (exact) mass is 244 g/mol. The molecule has 3 atom stereocenters. The van der Waals surface area contributed by atoms with E-state index in [9.17, 15) is 4.79 Å². The van der Waals surface area contributed by atoms with Crippen molar-refractivity contribution in [3.63, 3.8) is 0 Å². The number of thioether (sulfide) groups is 1. The van der Waals surface area contributed by atoms with Crippen molar-refractivity contribution in [3.05, 3.63) is 0 Å². The summed E-state index contributed by atoms with van der Waals surface area (Å²) in [5.74, 6) is 1.08. The number of ether oxygens (including phenoxy) is 1. The van der Waals surface area contributed by atoms with E-state index in [0.717, 1.165) is 12.3 Å². The minimum atomic E-state index is -0.768. The molecule has 2 heterocycles. The van der Waals surface area contributed by atoms with Gasteiger partial charge < -0.3 is 15.4 Å². The average Bonchev–Trinajstić information content (AvgIpc) is 2.70. The Bertz CT molecular complexity index is 279. The second-order valence-corrected chi connectivity index (χ2v) is 6.26. The van der Waals surface area contributed by atoms with Gasteiger partial charge in [0.15, 0.2) is 0 Å². The molecule has 2 saturated heterocycles. The second kappa shape index (κ2) is 4.55. The van der Waals surface area contributed by atoms with Crippen molar-refractivity contribution >= 4 is 17.7 Å². The van der Waals surface area contributed by atoms with Crippen LogP contribution in [-0.2, 0) is 9.53 Å². The van der Waals surface area contributed by atoms with E-state index in [4.69, 9.17) is 10.5 Å². The summed E-state index contributed by atoms with van der Waals surface area (Å²) >= 11 is 1.92. The number of rotatable bonds is 1. The van der Waals surface area contributed by atoms with Gasteiger partial charge in [0.25, 0.3) is 0 Å². The van der Waals surface area contributed by atoms with Crippen LogP contribution in [0.15, 0.2) is 0 Å². The number of hydrogen-bond acceptors (Lipinski definition) is 4. The van der Waals surface area contributed by atoms with Gasteiger partial charge in [-0.1, -0.05) is 6.92 Å². The summed E-state index contributed by atoms with van der Waals surface area (Å²) in [4.78, 5) is 14.3. The van der Waals surface area contributed by atoms with Crippen LogP contribution in [0.2, 0.25) is 0 Å². The summed E-state index contributed by atoms with van der Waals surface area (Å²) in [5, 5.41) is 0.489. The summed E-state index contributed by atoms with van der Waals surface area (Å²) in [6, 6.07) is 0.271. The molecule has 2 fully saturated rings. The molecule has 0 radical (unpaired) electrons. The first-order chi connectivity index (χ1) is 7.54. The number of carbonyl (C=O) groups is 1. The summed E-state index contributed by atoms with van der Waals surface area (Å²) in [6.45, 7) is 6.07. The zero-order valence-corrected chi connectivity index (χ0v) is 10.8. The number of hydrogen-bond donors (Lipinski definition) is 1. The average molecular weight is 244 g/mol. The molecule has 3 unspecified atom stereocenters. The largest absolute Gasteiger partial charge is 0.379 e. The molecule has 0 aromatic carbocycles. The van der Waals surface area contributed by atoms with Gasteiger partial charge in [0.1, 0.15) is 5.54 Å². The van der Waals surface area contributed by atoms with Gasteiger partial charge in [0.2, 0.25) is 5.91 Å². The van der Waals surface area contributed by atoms with E-state index in [0.29, 0.717) is 24.9 Å². The highest BCUT2D eigenvalue weighted by molar-refractivity contribution is 8.00. The first-order valence-electron chi connectivity index (χ1n) is 5.84. The highest BCUT2D eigenvalue weighted by Crippen LogP contribution is 2.28. The topological polar surface area (TPSA) is 55.6 Å². The van der Waals surface area contributed by atoms with Crippen molar-refractivity contribution < 1.29 is 9.53 Å². The van der Waals surface area contributed by atoms with E-state index in [1.54, 1.807) is 0 Å². The molecule has 0 bridgehead atoms. The molecule has 4 nitrogen and oxygen atoms in total. The molecule has 16 heavy (non-hydrogen) atoms. The SMILES string of the molecule is CC1SCCN(C(=O)C2(N)CCOC2)C1C. The van der Waals surface area contributed by atoms with Crippen LogP contribution in [0.5, 0.6) is 0 Å². The van der Waals surface area contributed by atoms with Crippen LogP contribution in [0.4, 0.5) is 0 Å². The molecule has 2 aliphatic heterocycles. The molecule has 0 aromatic rings. The van der Waals surface area contributed by atoms with Crippen LogP contribution in [0, 0.1) is 0 Å². The van der Waals surface area contributed by atoms with Crippen molar-refractivity contribution in [2.75, 3.05) is 25.5 Å². The Morgan fingerprint density at radius 3 is 2.94 bits per heavy atom. The molecular formula is C11H20N2O2S. The Labute approximate surface area is 101 Å². The van der Waals surface area contributed by atoms with Gasteiger partial charge in [0.05, 0.1) is 6.61 Å². The molecule has 5 heteroatoms. The number of nitrogens with zero attached hydrogens (tertiary/aromatic N) is 1. The molecule has 1 amide bonds. The fourth-order valence-electron chi connectivity index (χ4n) is 2.26. The van der Waals surface area contributed by atoms with E-state index in [-0.39, 0.29) is 11.9 Å². The number of amides is 1. The number of nitrogens with two attached hydrogens (primary N) is 1. The van der Waals surface area contributed by atoms with Crippen molar-refractivity contribution in [2.24, 2.45) is 5.73 Å². The molecule has 0 spiro atoms. The molecule has 2 aliphatic rings. The van der Waals surface area contributed by atoms with Gasteiger partial charge in [-0.05, 0) is 13.3 Å². The third-order valence-corrected chi connectivity index (χ3v) is 4.96. The van der Waals surface area contributed by atoms with Gasteiger partial charge in [-0.15, -0.1) is 0 Å². The van der Waals surface area contributed by atoms with Crippen LogP contribution in [0.3, 0.4) is 0 Å². The predicted molar refractivity (Wildman–Crippen MR) is 65.4 cm³/mol. The Kier molecular flexibility index (Phi) is 3.47. The Hall–Kier alpha value is -0.260. The zero-order valence-electron chi connectivity index (χ0n) is 9.94. The first-order valence-corrected chi connectivity index (χ1v) is 6.89. The maximum atomic E-state index is 12.4. The lowest BCUT2D eigenvalue weighted by Gasteiger charge is -2.40. The molecule has 0 aromatic heterocycles. The Balaban J connectivity index is 2.08. The second-order valence-electron chi connectivity index (χ2n) is 4.77. The Morgan fingerprint density at radius 2 is 2.31 bits per heavy atom. The van der Waals surface area contributed by atoms with E-state index >= 15 is 0 Å². The molecule has 2 N–H and O–H groups in total. The van der Waals surface area contributed by atoms with E-state index in [2.05, 4.69) is 13.8 Å². The summed E-state index contributed by atoms with van der Waals surface area (Å²) in [5.41, 5.74) is 5.35. The predicted octanol–water partition coefficient (Wildman–Crippen LogP) is 0.457. The zero-order chi connectivity index (χ0) is 11.8. The third kappa shape index (κ3) is 2.08. The highest BCUT2D eigenvalue weighted by Gasteiger charge is 2.43. The minimum absolute atomic E-state index is 0.0738. The van der Waals surface area contributed by atoms with Crippen LogP contribution in [0.25, 0.3) is 0 Å². The molecule has 0 aliphatic carbocycles. The van der Waals surface area contributed by atoms with Gasteiger partial charge in [-0.2, -0.15) is 11.8 Å². The summed E-state index contributed by atoms with van der Waals surface area (Å²) < 4.78 is 5.26. The molecule has 0 saturated carbocycles. The van der Waals surface area contributed by atoms with E-state index in [1.165, 1.54) is 0 Å². The fraction of sp³-hybridized carbons (Fsp3) is 0.909. The van der Waals surface area contributed by atoms with Crippen LogP contribution < -0.4 is 5.73 Å². The smallest absolute Gasteiger partial charge is 0.245 e. The maximum Gasteiger partial charge on any atom is 0.245 e. The van der Waals surface area contributed by atoms with E-state index in [1.807, 2.05) is 16.7 Å². The summed E-state index contributed by atoms with van der Waals surface area (Å²) in [6.07, 6.45) is 0.649. The minimum Gasteiger partial charge on any atom is -0.379 e. The van der Waals surface area contributed by atoms with Crippen molar-refractivity contribution in [2.45, 2.75) is 37.1 Å². The Morgan fingerprint density at radius 1 is 1.56 bits per heavy atom. The van der Waals surface area contributed by atoms with Gasteiger partial charge in [-0.3, -0.25) is 4.79 Å². The molecule has 2 rings (SSSR count). The van der Waals surface area contributed by atoms with Crippen LogP contribution in [-0.4, -0.2) is 53.1 Å². The standard InChI is InChI=1S/C11H20N2O2S/c1-8-9(2)16-6-4-13(8)10(14)11(12)3-5-15-7-11/h8-9H,3-7,12H2,1-2H3. The molecular weight excluding hydrogens is 224 g/mol. The van der Waals surface area contributed by atoms with Gasteiger partial charge in [0, 0.05) is 30.2 Å². The quantitative estimate of drug-likeness (QED) is 0.728. The number of carbonyl (C=O) groups excluding carboxylic acids is 1. The fourth-order valence-corrected chi connectivity index (χ4v) is 3.35. The molecule has 92 valence electrons. The van der Waals surface area contributed by atoms with Crippen LogP contribution in [0.1, 0.15) is 20.3 Å². The highest BCUT2D eigenvalue weighted by atomic mass is 32.2. The van der Waals surface area contributed by atoms with Gasteiger partial charge in [-0.25, -0.2) is 0 Å². The first kappa shape index (κ1) is 12.2. The van der Waals surface area contributed by atoms with Gasteiger partial charge >= 0.3 is 0 Å².